The van der Waals surface area contributed by atoms with Gasteiger partial charge in [-0.2, -0.15) is 0 Å². The molecule has 5 nitrogen and oxygen atoms in total. The number of nitrogens with one attached hydrogen (secondary N) is 2. The van der Waals surface area contributed by atoms with Crippen molar-refractivity contribution in [3.05, 3.63) is 24.3 Å². The Labute approximate surface area is 126 Å². The van der Waals surface area contributed by atoms with E-state index in [4.69, 9.17) is 0 Å². The quantitative estimate of drug-likeness (QED) is 0.865. The Morgan fingerprint density at radius 2 is 1.90 bits per heavy atom. The number of hydrogen-bond acceptors (Lipinski definition) is 4. The molecule has 0 aromatic heterocycles. The molecule has 3 atom stereocenters. The summed E-state index contributed by atoms with van der Waals surface area (Å²) in [7, 11) is -3.35. The van der Waals surface area contributed by atoms with Gasteiger partial charge in [-0.25, -0.2) is 13.1 Å². The van der Waals surface area contributed by atoms with Gasteiger partial charge in [0.15, 0.2) is 0 Å². The van der Waals surface area contributed by atoms with Gasteiger partial charge in [-0.15, -0.1) is 0 Å². The Balaban J connectivity index is 1.67. The summed E-state index contributed by atoms with van der Waals surface area (Å²) < 4.78 is 26.3. The van der Waals surface area contributed by atoms with Crippen LogP contribution in [0.1, 0.15) is 19.8 Å². The van der Waals surface area contributed by atoms with Crippen molar-refractivity contribution in [2.45, 2.75) is 30.7 Å². The first kappa shape index (κ1) is 14.8. The number of anilines is 1. The van der Waals surface area contributed by atoms with Crippen molar-refractivity contribution in [3.8, 4) is 0 Å². The van der Waals surface area contributed by atoms with Gasteiger partial charge < -0.3 is 10.2 Å². The zero-order valence-electron chi connectivity index (χ0n) is 12.4. The molecule has 0 spiro atoms. The first-order valence-electron chi connectivity index (χ1n) is 7.67. The Morgan fingerprint density at radius 3 is 2.62 bits per heavy atom. The second-order valence-electron chi connectivity index (χ2n) is 5.91. The van der Waals surface area contributed by atoms with Gasteiger partial charge in [-0.1, -0.05) is 6.92 Å². The van der Waals surface area contributed by atoms with Crippen LogP contribution in [-0.4, -0.2) is 45.5 Å². The third kappa shape index (κ3) is 3.22. The smallest absolute Gasteiger partial charge is 0.240 e. The summed E-state index contributed by atoms with van der Waals surface area (Å²) >= 11 is 0. The van der Waals surface area contributed by atoms with Gasteiger partial charge in [-0.3, -0.25) is 0 Å². The highest BCUT2D eigenvalue weighted by atomic mass is 32.2. The maximum Gasteiger partial charge on any atom is 0.240 e. The van der Waals surface area contributed by atoms with E-state index in [1.54, 1.807) is 19.1 Å². The zero-order valence-corrected chi connectivity index (χ0v) is 13.2. The highest BCUT2D eigenvalue weighted by molar-refractivity contribution is 7.89. The molecule has 2 fully saturated rings. The van der Waals surface area contributed by atoms with Crippen LogP contribution < -0.4 is 10.0 Å². The number of nitrogens with zero attached hydrogens (tertiary/aromatic N) is 1. The van der Waals surface area contributed by atoms with Gasteiger partial charge in [0.05, 0.1) is 4.90 Å². The molecule has 3 unspecified atom stereocenters. The highest BCUT2D eigenvalue weighted by Crippen LogP contribution is 2.29. The van der Waals surface area contributed by atoms with E-state index in [-0.39, 0.29) is 0 Å². The van der Waals surface area contributed by atoms with E-state index in [0.29, 0.717) is 17.5 Å². The summed E-state index contributed by atoms with van der Waals surface area (Å²) in [4.78, 5) is 2.85. The lowest BCUT2D eigenvalue weighted by atomic mass is 9.94. The molecule has 1 aromatic carbocycles. The average Bonchev–Trinajstić information content (AvgIpc) is 2.85. The van der Waals surface area contributed by atoms with E-state index < -0.39 is 10.0 Å². The number of sulfonamides is 1. The summed E-state index contributed by atoms with van der Waals surface area (Å²) in [6, 6.07) is 7.59. The van der Waals surface area contributed by atoms with Gasteiger partial charge >= 0.3 is 0 Å². The summed E-state index contributed by atoms with van der Waals surface area (Å²) in [5.74, 6) is 0.726. The van der Waals surface area contributed by atoms with E-state index in [2.05, 4.69) is 14.9 Å². The number of hydrogen-bond donors (Lipinski definition) is 2. The van der Waals surface area contributed by atoms with E-state index in [0.717, 1.165) is 11.6 Å². The van der Waals surface area contributed by atoms with Gasteiger partial charge in [0.25, 0.3) is 0 Å². The standard InChI is InChI=1S/C15H23N3O2S/c1-2-16-21(19,20)14-5-3-13(4-6-14)17-15-8-10-18-9-7-12(15)11-18/h3-6,12,15-17H,2,7-11H2,1H3. The van der Waals surface area contributed by atoms with Crippen molar-refractivity contribution in [1.29, 1.82) is 0 Å². The van der Waals surface area contributed by atoms with Crippen molar-refractivity contribution in [1.82, 2.24) is 9.62 Å². The summed E-state index contributed by atoms with van der Waals surface area (Å²) in [5.41, 5.74) is 1.01. The van der Waals surface area contributed by atoms with Crippen LogP contribution in [0.4, 0.5) is 5.69 Å². The molecule has 21 heavy (non-hydrogen) atoms. The zero-order chi connectivity index (χ0) is 14.9. The van der Waals surface area contributed by atoms with Crippen molar-refractivity contribution >= 4 is 15.7 Å². The lowest BCUT2D eigenvalue weighted by molar-refractivity contribution is 0.255. The van der Waals surface area contributed by atoms with Crippen molar-refractivity contribution in [3.63, 3.8) is 0 Å². The van der Waals surface area contributed by atoms with Gasteiger partial charge in [-0.05, 0) is 49.6 Å². The molecule has 116 valence electrons. The molecule has 0 aliphatic carbocycles. The van der Waals surface area contributed by atoms with Crippen LogP contribution in [0.25, 0.3) is 0 Å². The third-order valence-electron chi connectivity index (χ3n) is 4.49. The molecule has 0 radical (unpaired) electrons. The molecule has 0 saturated carbocycles. The summed E-state index contributed by atoms with van der Waals surface area (Å²) in [6.45, 7) is 5.78. The molecule has 2 bridgehead atoms. The van der Waals surface area contributed by atoms with Gasteiger partial charge in [0, 0.05) is 31.4 Å². The summed E-state index contributed by atoms with van der Waals surface area (Å²) in [6.07, 6.45) is 2.44. The molecule has 6 heteroatoms. The van der Waals surface area contributed by atoms with Crippen LogP contribution in [-0.2, 0) is 10.0 Å². The SMILES string of the molecule is CCNS(=O)(=O)c1ccc(NC2CCN3CCC2C3)cc1. The monoisotopic (exact) mass is 309 g/mol. The van der Waals surface area contributed by atoms with E-state index >= 15 is 0 Å². The van der Waals surface area contributed by atoms with Gasteiger partial charge in [0.1, 0.15) is 0 Å². The second kappa shape index (κ2) is 5.94. The van der Waals surface area contributed by atoms with Crippen molar-refractivity contribution in [2.75, 3.05) is 31.5 Å². The van der Waals surface area contributed by atoms with E-state index in [1.807, 2.05) is 12.1 Å². The predicted molar refractivity (Wildman–Crippen MR) is 83.9 cm³/mol. The minimum atomic E-state index is -3.35. The van der Waals surface area contributed by atoms with E-state index in [1.165, 1.54) is 32.5 Å². The van der Waals surface area contributed by atoms with Crippen LogP contribution in [0, 0.1) is 5.92 Å². The molecule has 1 aromatic rings. The Morgan fingerprint density at radius 1 is 1.19 bits per heavy atom. The normalized spacial score (nSPS) is 28.5. The fourth-order valence-electron chi connectivity index (χ4n) is 3.36. The fourth-order valence-corrected chi connectivity index (χ4v) is 4.40. The number of benzene rings is 1. The number of piperidine rings is 1. The molecule has 2 saturated heterocycles. The Bertz CT molecular complexity index is 585. The fraction of sp³-hybridized carbons (Fsp3) is 0.600. The third-order valence-corrected chi connectivity index (χ3v) is 6.05. The minimum Gasteiger partial charge on any atom is -0.382 e. The summed E-state index contributed by atoms with van der Waals surface area (Å²) in [5, 5.41) is 3.58. The lowest BCUT2D eigenvalue weighted by Gasteiger charge is -2.31. The Kier molecular flexibility index (Phi) is 4.19. The van der Waals surface area contributed by atoms with Crippen LogP contribution >= 0.6 is 0 Å². The maximum atomic E-state index is 11.9. The van der Waals surface area contributed by atoms with Crippen molar-refractivity contribution in [2.24, 2.45) is 5.92 Å². The molecule has 2 heterocycles. The highest BCUT2D eigenvalue weighted by Gasteiger charge is 2.34. The largest absolute Gasteiger partial charge is 0.382 e. The van der Waals surface area contributed by atoms with Crippen molar-refractivity contribution < 1.29 is 8.42 Å². The molecule has 3 rings (SSSR count). The molecular weight excluding hydrogens is 286 g/mol. The van der Waals surface area contributed by atoms with E-state index in [9.17, 15) is 8.42 Å². The number of rotatable bonds is 5. The minimum absolute atomic E-state index is 0.325. The number of fused-ring (bicyclic) bond motifs is 2. The van der Waals surface area contributed by atoms with Crippen LogP contribution in [0.15, 0.2) is 29.2 Å². The average molecular weight is 309 g/mol. The predicted octanol–water partition coefficient (Wildman–Crippen LogP) is 1.49. The molecule has 2 aliphatic heterocycles. The molecule has 2 N–H and O–H groups in total. The Hall–Kier alpha value is -1.11. The lowest BCUT2D eigenvalue weighted by Crippen LogP contribution is -2.39. The van der Waals surface area contributed by atoms with Crippen LogP contribution in [0.3, 0.4) is 0 Å². The van der Waals surface area contributed by atoms with Crippen LogP contribution in [0.5, 0.6) is 0 Å². The topological polar surface area (TPSA) is 61.4 Å². The first-order chi connectivity index (χ1) is 10.1. The molecule has 2 aliphatic rings. The molecular formula is C15H23N3O2S. The maximum absolute atomic E-state index is 11.9. The first-order valence-corrected chi connectivity index (χ1v) is 9.15. The van der Waals surface area contributed by atoms with Crippen LogP contribution in [0.2, 0.25) is 0 Å². The second-order valence-corrected chi connectivity index (χ2v) is 7.68. The van der Waals surface area contributed by atoms with Gasteiger partial charge in [0.2, 0.25) is 10.0 Å². The molecule has 0 amide bonds.